The number of carbonyl (C=O) groups is 1. The molecule has 7 nitrogen and oxygen atoms in total. The SMILES string of the molecule is CCO[P+](=O)C(OS(C)(=O)=O)C(=O)OC(C)C. The lowest BCUT2D eigenvalue weighted by molar-refractivity contribution is -0.151. The van der Waals surface area contributed by atoms with E-state index in [0.717, 1.165) is 6.26 Å². The smallest absolute Gasteiger partial charge is 0.458 e. The molecule has 0 N–H and O–H groups in total. The zero-order chi connectivity index (χ0) is 13.6. The number of rotatable bonds is 7. The molecule has 0 rings (SSSR count). The van der Waals surface area contributed by atoms with Gasteiger partial charge in [-0.1, -0.05) is 0 Å². The number of hydrogen-bond acceptors (Lipinski definition) is 7. The summed E-state index contributed by atoms with van der Waals surface area (Å²) in [6, 6.07) is 0. The van der Waals surface area contributed by atoms with E-state index >= 15 is 0 Å². The van der Waals surface area contributed by atoms with E-state index < -0.39 is 36.1 Å². The Hall–Kier alpha value is -0.560. The van der Waals surface area contributed by atoms with Crippen LogP contribution in [-0.2, 0) is 32.9 Å². The van der Waals surface area contributed by atoms with Gasteiger partial charge in [0.15, 0.2) is 0 Å². The lowest BCUT2D eigenvalue weighted by Crippen LogP contribution is -2.28. The molecule has 0 fully saturated rings. The summed E-state index contributed by atoms with van der Waals surface area (Å²) >= 11 is 0. The van der Waals surface area contributed by atoms with Crippen LogP contribution in [0.4, 0.5) is 0 Å². The highest BCUT2D eigenvalue weighted by Crippen LogP contribution is 2.32. The molecule has 2 atom stereocenters. The molecule has 0 aliphatic rings. The van der Waals surface area contributed by atoms with Gasteiger partial charge in [-0.3, -0.25) is 0 Å². The third-order valence-electron chi connectivity index (χ3n) is 1.27. The Morgan fingerprint density at radius 1 is 1.35 bits per heavy atom. The van der Waals surface area contributed by atoms with E-state index in [4.69, 9.17) is 4.74 Å². The highest BCUT2D eigenvalue weighted by molar-refractivity contribution is 7.86. The molecule has 0 amide bonds. The minimum Gasteiger partial charge on any atom is -0.458 e. The Morgan fingerprint density at radius 2 is 1.88 bits per heavy atom. The first kappa shape index (κ1) is 16.4. The minimum atomic E-state index is -3.93. The van der Waals surface area contributed by atoms with Gasteiger partial charge in [-0.2, -0.15) is 8.42 Å². The van der Waals surface area contributed by atoms with Gasteiger partial charge in [0.25, 0.3) is 10.1 Å². The molecular weight excluding hydrogens is 271 g/mol. The first-order valence-electron chi connectivity index (χ1n) is 4.85. The summed E-state index contributed by atoms with van der Waals surface area (Å²) in [7, 11) is -6.54. The van der Waals surface area contributed by atoms with Crippen molar-refractivity contribution in [2.45, 2.75) is 32.7 Å². The van der Waals surface area contributed by atoms with Gasteiger partial charge in [0.2, 0.25) is 0 Å². The predicted octanol–water partition coefficient (Wildman–Crippen LogP) is 1.02. The fraction of sp³-hybridized carbons (Fsp3) is 0.875. The molecular formula is C8H16O7PS+. The van der Waals surface area contributed by atoms with Crippen LogP contribution < -0.4 is 0 Å². The van der Waals surface area contributed by atoms with Crippen LogP contribution in [0.1, 0.15) is 20.8 Å². The van der Waals surface area contributed by atoms with Crippen molar-refractivity contribution < 1.29 is 31.2 Å². The third-order valence-corrected chi connectivity index (χ3v) is 3.16. The molecule has 0 aromatic heterocycles. The van der Waals surface area contributed by atoms with Crippen LogP contribution in [0.15, 0.2) is 0 Å². The van der Waals surface area contributed by atoms with Gasteiger partial charge >= 0.3 is 19.8 Å². The molecule has 0 radical (unpaired) electrons. The lowest BCUT2D eigenvalue weighted by Gasteiger charge is -2.09. The number of carbonyl (C=O) groups excluding carboxylic acids is 1. The van der Waals surface area contributed by atoms with Gasteiger partial charge in [0, 0.05) is 0 Å². The van der Waals surface area contributed by atoms with Crippen molar-refractivity contribution in [2.75, 3.05) is 12.9 Å². The highest BCUT2D eigenvalue weighted by atomic mass is 32.2. The molecule has 100 valence electrons. The standard InChI is InChI=1S/C8H16O7PS/c1-5-13-16(10)8(15-17(4,11)12)7(9)14-6(2)3/h6,8H,5H2,1-4H3/q+1. The average molecular weight is 287 g/mol. The fourth-order valence-corrected chi connectivity index (χ4v) is 2.59. The van der Waals surface area contributed by atoms with Crippen molar-refractivity contribution in [3.63, 3.8) is 0 Å². The normalized spacial score (nSPS) is 14.5. The molecule has 0 aromatic carbocycles. The van der Waals surface area contributed by atoms with E-state index in [9.17, 15) is 17.8 Å². The zero-order valence-corrected chi connectivity index (χ0v) is 11.8. The maximum absolute atomic E-state index is 11.5. The molecule has 0 aliphatic carbocycles. The molecule has 0 aromatic rings. The summed E-state index contributed by atoms with van der Waals surface area (Å²) in [4.78, 5) is 11.5. The predicted molar refractivity (Wildman–Crippen MR) is 60.2 cm³/mol. The highest BCUT2D eigenvalue weighted by Gasteiger charge is 2.45. The van der Waals surface area contributed by atoms with E-state index in [2.05, 4.69) is 8.71 Å². The van der Waals surface area contributed by atoms with Crippen LogP contribution in [-0.4, -0.2) is 39.2 Å². The quantitative estimate of drug-likeness (QED) is 0.392. The summed E-state index contributed by atoms with van der Waals surface area (Å²) in [5.74, 6) is -2.79. The van der Waals surface area contributed by atoms with Gasteiger partial charge < -0.3 is 4.74 Å². The van der Waals surface area contributed by atoms with E-state index in [1.165, 1.54) is 0 Å². The van der Waals surface area contributed by atoms with Crippen molar-refractivity contribution in [3.8, 4) is 0 Å². The van der Waals surface area contributed by atoms with Crippen molar-refractivity contribution in [3.05, 3.63) is 0 Å². The molecule has 9 heteroatoms. The maximum atomic E-state index is 11.5. The topological polar surface area (TPSA) is 96.0 Å². The van der Waals surface area contributed by atoms with E-state index in [0.29, 0.717) is 0 Å². The maximum Gasteiger partial charge on any atom is 0.554 e. The fourth-order valence-electron chi connectivity index (χ4n) is 0.812. The Labute approximate surface area is 101 Å². The van der Waals surface area contributed by atoms with Crippen LogP contribution in [0, 0.1) is 0 Å². The van der Waals surface area contributed by atoms with E-state index in [-0.39, 0.29) is 6.61 Å². The molecule has 2 unspecified atom stereocenters. The Balaban J connectivity index is 4.84. The molecule has 0 spiro atoms. The Bertz CT molecular complexity index is 375. The van der Waals surface area contributed by atoms with Crippen molar-refractivity contribution in [1.82, 2.24) is 0 Å². The molecule has 17 heavy (non-hydrogen) atoms. The van der Waals surface area contributed by atoms with Gasteiger partial charge in [-0.05, 0) is 25.3 Å². The van der Waals surface area contributed by atoms with Crippen molar-refractivity contribution >= 4 is 24.1 Å². The summed E-state index contributed by atoms with van der Waals surface area (Å²) in [5.41, 5.74) is 0. The van der Waals surface area contributed by atoms with Crippen LogP contribution in [0.25, 0.3) is 0 Å². The van der Waals surface area contributed by atoms with E-state index in [1.807, 2.05) is 0 Å². The second kappa shape index (κ2) is 7.00. The van der Waals surface area contributed by atoms with E-state index in [1.54, 1.807) is 20.8 Å². The summed E-state index contributed by atoms with van der Waals surface area (Å²) in [5, 5.41) is 0. The second-order valence-electron chi connectivity index (χ2n) is 3.34. The Morgan fingerprint density at radius 3 is 2.24 bits per heavy atom. The van der Waals surface area contributed by atoms with Crippen LogP contribution in [0.5, 0.6) is 0 Å². The van der Waals surface area contributed by atoms with Gasteiger partial charge in [0.1, 0.15) is 0 Å². The summed E-state index contributed by atoms with van der Waals surface area (Å²) in [6.45, 7) is 4.76. The average Bonchev–Trinajstić information content (AvgIpc) is 2.11. The molecule has 0 heterocycles. The van der Waals surface area contributed by atoms with Crippen LogP contribution >= 0.6 is 8.03 Å². The summed E-state index contributed by atoms with van der Waals surface area (Å²) < 4.78 is 47.1. The lowest BCUT2D eigenvalue weighted by atomic mass is 10.5. The first-order chi connectivity index (χ1) is 7.67. The molecule has 0 bridgehead atoms. The monoisotopic (exact) mass is 287 g/mol. The van der Waals surface area contributed by atoms with Crippen molar-refractivity contribution in [2.24, 2.45) is 0 Å². The van der Waals surface area contributed by atoms with Crippen LogP contribution in [0.2, 0.25) is 0 Å². The largest absolute Gasteiger partial charge is 0.554 e. The van der Waals surface area contributed by atoms with Gasteiger partial charge in [-0.25, -0.2) is 8.98 Å². The minimum absolute atomic E-state index is 0.0633. The Kier molecular flexibility index (Phi) is 6.77. The number of esters is 1. The number of ether oxygens (including phenoxy) is 1. The third kappa shape index (κ3) is 7.38. The van der Waals surface area contributed by atoms with Gasteiger partial charge in [0.05, 0.1) is 19.0 Å². The second-order valence-corrected chi connectivity index (χ2v) is 6.24. The van der Waals surface area contributed by atoms with Gasteiger partial charge in [-0.15, -0.1) is 4.52 Å². The number of hydrogen-bond donors (Lipinski definition) is 0. The molecule has 0 saturated heterocycles. The zero-order valence-electron chi connectivity index (χ0n) is 10.1. The molecule has 0 aliphatic heterocycles. The van der Waals surface area contributed by atoms with Crippen molar-refractivity contribution in [1.29, 1.82) is 0 Å². The van der Waals surface area contributed by atoms with Crippen LogP contribution in [0.3, 0.4) is 0 Å². The summed E-state index contributed by atoms with van der Waals surface area (Å²) in [6.07, 6.45) is 0.274. The molecule has 0 saturated carbocycles. The first-order valence-corrected chi connectivity index (χ1v) is 7.91.